The number of hydrogen-bond donors (Lipinski definition) is 1. The zero-order valence-electron chi connectivity index (χ0n) is 27.8. The molecule has 2 atom stereocenters. The molecule has 49 heavy (non-hydrogen) atoms. The summed E-state index contributed by atoms with van der Waals surface area (Å²) >= 11 is 26.9. The van der Waals surface area contributed by atoms with Gasteiger partial charge in [0.15, 0.2) is 0 Å². The number of hydrogen-bond acceptors (Lipinski definition) is 6. The van der Waals surface area contributed by atoms with Gasteiger partial charge in [-0.3, -0.25) is 4.90 Å². The molecule has 6 rings (SSSR count). The summed E-state index contributed by atoms with van der Waals surface area (Å²) in [6.07, 6.45) is 2.04. The molecule has 0 aromatic heterocycles. The summed E-state index contributed by atoms with van der Waals surface area (Å²) in [7, 11) is 0. The highest BCUT2D eigenvalue weighted by atomic mass is 79.9. The van der Waals surface area contributed by atoms with Crippen molar-refractivity contribution >= 4 is 62.3 Å². The van der Waals surface area contributed by atoms with Crippen LogP contribution in [0, 0.1) is 0 Å². The second-order valence-electron chi connectivity index (χ2n) is 12.2. The van der Waals surface area contributed by atoms with Crippen LogP contribution in [0.1, 0.15) is 26.7 Å². The highest BCUT2D eigenvalue weighted by Gasteiger charge is 2.35. The van der Waals surface area contributed by atoms with Gasteiger partial charge in [-0.05, 0) is 93.2 Å². The number of para-hydroxylation sites is 2. The SMILES string of the molecule is CC1(Oc2ccc(Cl)cc2)CCN(CCOc2ccccc2Cl)C1.CC1(Oc2ccc(Cl)cc2)CCNC1.Clc1ccccc1OCCBr. The van der Waals surface area contributed by atoms with Gasteiger partial charge in [0, 0.05) is 54.4 Å². The third-order valence-corrected chi connectivity index (χ3v) is 9.33. The van der Waals surface area contributed by atoms with E-state index in [1.807, 2.05) is 97.1 Å². The summed E-state index contributed by atoms with van der Waals surface area (Å²) in [5.41, 5.74) is -0.244. The van der Waals surface area contributed by atoms with Crippen molar-refractivity contribution in [2.24, 2.45) is 0 Å². The topological polar surface area (TPSA) is 52.2 Å². The predicted octanol–water partition coefficient (Wildman–Crippen LogP) is 10.5. The Morgan fingerprint density at radius 3 is 1.67 bits per heavy atom. The molecule has 2 unspecified atom stereocenters. The van der Waals surface area contributed by atoms with Gasteiger partial charge in [0.1, 0.15) is 40.8 Å². The maximum absolute atomic E-state index is 6.17. The van der Waals surface area contributed by atoms with Crippen molar-refractivity contribution in [3.63, 3.8) is 0 Å². The maximum atomic E-state index is 6.17. The standard InChI is InChI=1S/C19H21Cl2NO2.C11H14ClNO.C8H8BrClO/c1-19(24-16-8-6-15(20)7-9-16)10-11-22(14-19)12-13-23-18-5-3-2-4-17(18)21;1-11(6-7-13-8-11)14-10-4-2-9(12)3-5-10;9-5-6-11-8-4-2-1-3-7(8)10/h2-9H,10-14H2,1H3;2-5,13H,6-8H2,1H3;1-4H,5-6H2. The van der Waals surface area contributed by atoms with Crippen LogP contribution in [-0.2, 0) is 0 Å². The van der Waals surface area contributed by atoms with Gasteiger partial charge >= 0.3 is 0 Å². The average molecular weight is 813 g/mol. The van der Waals surface area contributed by atoms with E-state index < -0.39 is 0 Å². The molecule has 0 aliphatic carbocycles. The predicted molar refractivity (Wildman–Crippen MR) is 207 cm³/mol. The van der Waals surface area contributed by atoms with E-state index in [1.54, 1.807) is 0 Å². The van der Waals surface area contributed by atoms with Gasteiger partial charge in [-0.25, -0.2) is 0 Å². The fraction of sp³-hybridized carbons (Fsp3) is 0.368. The number of likely N-dealkylation sites (tertiary alicyclic amines) is 1. The molecule has 4 aromatic rings. The lowest BCUT2D eigenvalue weighted by Gasteiger charge is -2.26. The normalized spacial score (nSPS) is 20.0. The molecule has 0 spiro atoms. The van der Waals surface area contributed by atoms with Crippen LogP contribution in [0.25, 0.3) is 0 Å². The minimum atomic E-state index is -0.182. The van der Waals surface area contributed by atoms with Gasteiger partial charge in [-0.1, -0.05) is 86.6 Å². The molecule has 11 heteroatoms. The number of ether oxygens (including phenoxy) is 4. The Balaban J connectivity index is 0.000000183. The van der Waals surface area contributed by atoms with Crippen molar-refractivity contribution in [2.45, 2.75) is 37.9 Å². The molecule has 0 amide bonds. The molecule has 0 radical (unpaired) electrons. The average Bonchev–Trinajstić information content (AvgIpc) is 3.69. The second-order valence-corrected chi connectivity index (χ2v) is 14.7. The van der Waals surface area contributed by atoms with E-state index in [9.17, 15) is 0 Å². The molecule has 4 aromatic carbocycles. The van der Waals surface area contributed by atoms with Crippen molar-refractivity contribution in [2.75, 3.05) is 51.3 Å². The fourth-order valence-electron chi connectivity index (χ4n) is 5.31. The van der Waals surface area contributed by atoms with Crippen LogP contribution in [0.15, 0.2) is 97.1 Å². The van der Waals surface area contributed by atoms with E-state index in [2.05, 4.69) is 40.0 Å². The van der Waals surface area contributed by atoms with E-state index >= 15 is 0 Å². The lowest BCUT2D eigenvalue weighted by Crippen LogP contribution is -2.37. The number of nitrogens with one attached hydrogen (secondary N) is 1. The second kappa shape index (κ2) is 19.9. The first-order chi connectivity index (χ1) is 23.6. The van der Waals surface area contributed by atoms with E-state index in [-0.39, 0.29) is 11.2 Å². The molecule has 2 aliphatic heterocycles. The van der Waals surface area contributed by atoms with Crippen molar-refractivity contribution in [1.82, 2.24) is 10.2 Å². The first-order valence-corrected chi connectivity index (χ1v) is 18.8. The number of nitrogens with zero attached hydrogens (tertiary/aromatic N) is 1. The molecule has 1 N–H and O–H groups in total. The summed E-state index contributed by atoms with van der Waals surface area (Å²) in [4.78, 5) is 2.35. The Kier molecular flexibility index (Phi) is 16.0. The molecule has 2 aliphatic rings. The largest absolute Gasteiger partial charge is 0.491 e. The Labute approximate surface area is 319 Å². The monoisotopic (exact) mass is 810 g/mol. The zero-order chi connectivity index (χ0) is 35.1. The van der Waals surface area contributed by atoms with Gasteiger partial charge < -0.3 is 24.3 Å². The highest BCUT2D eigenvalue weighted by Crippen LogP contribution is 2.29. The molecular weight excluding hydrogens is 770 g/mol. The third-order valence-electron chi connectivity index (χ3n) is 7.87. The fourth-order valence-corrected chi connectivity index (χ4v) is 6.11. The number of alkyl halides is 1. The van der Waals surface area contributed by atoms with E-state index in [4.69, 9.17) is 65.4 Å². The zero-order valence-corrected chi connectivity index (χ0v) is 32.4. The first-order valence-electron chi connectivity index (χ1n) is 16.2. The van der Waals surface area contributed by atoms with Crippen LogP contribution in [-0.4, -0.2) is 67.4 Å². The van der Waals surface area contributed by atoms with Gasteiger partial charge in [-0.15, -0.1) is 0 Å². The van der Waals surface area contributed by atoms with Gasteiger partial charge in [-0.2, -0.15) is 0 Å². The molecule has 2 saturated heterocycles. The van der Waals surface area contributed by atoms with Crippen LogP contribution in [0.2, 0.25) is 20.1 Å². The molecule has 0 bridgehead atoms. The Hall–Kier alpha value is -2.36. The molecule has 6 nitrogen and oxygen atoms in total. The summed E-state index contributed by atoms with van der Waals surface area (Å²) in [6, 6.07) is 30.0. The summed E-state index contributed by atoms with van der Waals surface area (Å²) in [5, 5.41) is 6.88. The third kappa shape index (κ3) is 13.7. The molecule has 2 fully saturated rings. The van der Waals surface area contributed by atoms with Crippen LogP contribution in [0.3, 0.4) is 0 Å². The van der Waals surface area contributed by atoms with E-state index in [0.29, 0.717) is 23.3 Å². The van der Waals surface area contributed by atoms with Crippen LogP contribution in [0.5, 0.6) is 23.0 Å². The minimum Gasteiger partial charge on any atom is -0.491 e. The van der Waals surface area contributed by atoms with Crippen LogP contribution in [0.4, 0.5) is 0 Å². The van der Waals surface area contributed by atoms with E-state index in [0.717, 1.165) is 83.9 Å². The molecular formula is C38H43BrCl4N2O4. The van der Waals surface area contributed by atoms with Crippen LogP contribution < -0.4 is 24.3 Å². The van der Waals surface area contributed by atoms with Gasteiger partial charge in [0.25, 0.3) is 0 Å². The van der Waals surface area contributed by atoms with Crippen molar-refractivity contribution in [1.29, 1.82) is 0 Å². The summed E-state index contributed by atoms with van der Waals surface area (Å²) in [6.45, 7) is 10.2. The Morgan fingerprint density at radius 1 is 0.673 bits per heavy atom. The lowest BCUT2D eigenvalue weighted by atomic mass is 10.1. The highest BCUT2D eigenvalue weighted by molar-refractivity contribution is 9.09. The van der Waals surface area contributed by atoms with Gasteiger partial charge in [0.2, 0.25) is 0 Å². The Morgan fingerprint density at radius 2 is 1.18 bits per heavy atom. The molecule has 2 heterocycles. The molecule has 264 valence electrons. The minimum absolute atomic E-state index is 0.0617. The first kappa shape index (κ1) is 39.4. The maximum Gasteiger partial charge on any atom is 0.137 e. The van der Waals surface area contributed by atoms with Crippen molar-refractivity contribution in [3.05, 3.63) is 117 Å². The number of benzene rings is 4. The number of rotatable bonds is 11. The van der Waals surface area contributed by atoms with Crippen molar-refractivity contribution < 1.29 is 18.9 Å². The van der Waals surface area contributed by atoms with Crippen LogP contribution >= 0.6 is 62.3 Å². The van der Waals surface area contributed by atoms with Crippen molar-refractivity contribution in [3.8, 4) is 23.0 Å². The number of halogens is 5. The quantitative estimate of drug-likeness (QED) is 0.152. The molecule has 0 saturated carbocycles. The van der Waals surface area contributed by atoms with E-state index in [1.165, 1.54) is 0 Å². The summed E-state index contributed by atoms with van der Waals surface area (Å²) < 4.78 is 23.1. The lowest BCUT2D eigenvalue weighted by molar-refractivity contribution is 0.0935. The Bertz CT molecular complexity index is 1560. The smallest absolute Gasteiger partial charge is 0.137 e. The van der Waals surface area contributed by atoms with Gasteiger partial charge in [0.05, 0.1) is 16.7 Å². The summed E-state index contributed by atoms with van der Waals surface area (Å²) in [5.74, 6) is 3.23.